The molecule has 0 spiro atoms. The van der Waals surface area contributed by atoms with Crippen LogP contribution in [0, 0.1) is 12.7 Å². The second kappa shape index (κ2) is 5.72. The van der Waals surface area contributed by atoms with E-state index in [9.17, 15) is 4.39 Å². The molecule has 2 N–H and O–H groups in total. The van der Waals surface area contributed by atoms with Crippen LogP contribution in [0.4, 0.5) is 4.39 Å². The number of methoxy groups -OCH3 is 1. The Hall–Kier alpha value is -1.39. The third-order valence-corrected chi connectivity index (χ3v) is 4.17. The lowest BCUT2D eigenvalue weighted by Crippen LogP contribution is -2.13. The third kappa shape index (κ3) is 2.80. The minimum atomic E-state index is -0.403. The zero-order valence-electron chi connectivity index (χ0n) is 10.8. The van der Waals surface area contributed by atoms with Gasteiger partial charge in [-0.2, -0.15) is 0 Å². The van der Waals surface area contributed by atoms with E-state index in [0.29, 0.717) is 5.56 Å². The summed E-state index contributed by atoms with van der Waals surface area (Å²) in [7, 11) is 1.44. The van der Waals surface area contributed by atoms with E-state index in [1.807, 2.05) is 25.1 Å². The largest absolute Gasteiger partial charge is 0.494 e. The van der Waals surface area contributed by atoms with Gasteiger partial charge in [-0.25, -0.2) is 4.39 Å². The first kappa shape index (κ1) is 14.0. The molecule has 1 unspecified atom stereocenters. The normalized spacial score (nSPS) is 12.3. The number of rotatable bonds is 3. The highest BCUT2D eigenvalue weighted by molar-refractivity contribution is 9.10. The molecule has 0 aliphatic carbocycles. The van der Waals surface area contributed by atoms with E-state index in [1.165, 1.54) is 13.2 Å². The highest BCUT2D eigenvalue weighted by atomic mass is 79.9. The van der Waals surface area contributed by atoms with E-state index < -0.39 is 5.82 Å². The molecule has 19 heavy (non-hydrogen) atoms. The monoisotopic (exact) mass is 323 g/mol. The van der Waals surface area contributed by atoms with Gasteiger partial charge in [-0.05, 0) is 35.7 Å². The Bertz CT molecular complexity index is 601. The first-order valence-corrected chi connectivity index (χ1v) is 6.68. The summed E-state index contributed by atoms with van der Waals surface area (Å²) in [4.78, 5) is 0. The van der Waals surface area contributed by atoms with Crippen LogP contribution in [0.1, 0.15) is 22.7 Å². The lowest BCUT2D eigenvalue weighted by Gasteiger charge is -2.16. The van der Waals surface area contributed by atoms with E-state index in [4.69, 9.17) is 10.5 Å². The maximum Gasteiger partial charge on any atom is 0.165 e. The number of halogens is 2. The molecule has 0 saturated heterocycles. The molecule has 0 saturated carbocycles. The van der Waals surface area contributed by atoms with Gasteiger partial charge in [0, 0.05) is 4.47 Å². The van der Waals surface area contributed by atoms with Crippen LogP contribution in [-0.4, -0.2) is 7.11 Å². The number of hydrogen-bond acceptors (Lipinski definition) is 2. The van der Waals surface area contributed by atoms with Crippen LogP contribution >= 0.6 is 15.9 Å². The predicted octanol–water partition coefficient (Wildman–Crippen LogP) is 3.95. The molecule has 0 fully saturated rings. The molecule has 0 bridgehead atoms. The maximum atomic E-state index is 13.7. The fraction of sp³-hybridized carbons (Fsp3) is 0.200. The highest BCUT2D eigenvalue weighted by Gasteiger charge is 2.15. The first-order valence-electron chi connectivity index (χ1n) is 5.88. The van der Waals surface area contributed by atoms with Gasteiger partial charge in [0.05, 0.1) is 13.2 Å². The van der Waals surface area contributed by atoms with E-state index in [1.54, 1.807) is 12.1 Å². The zero-order chi connectivity index (χ0) is 14.0. The quantitative estimate of drug-likeness (QED) is 0.928. The average Bonchev–Trinajstić information content (AvgIpc) is 2.41. The van der Waals surface area contributed by atoms with Crippen LogP contribution < -0.4 is 10.5 Å². The van der Waals surface area contributed by atoms with Crippen LogP contribution in [0.3, 0.4) is 0 Å². The summed E-state index contributed by atoms with van der Waals surface area (Å²) in [5, 5.41) is 0. The topological polar surface area (TPSA) is 35.2 Å². The second-order valence-corrected chi connectivity index (χ2v) is 5.14. The summed E-state index contributed by atoms with van der Waals surface area (Å²) >= 11 is 3.53. The van der Waals surface area contributed by atoms with Gasteiger partial charge >= 0.3 is 0 Å². The molecule has 0 aliphatic heterocycles. The standard InChI is InChI=1S/C15H15BrFNO/c1-9-4-3-5-11(14(9)16)15(18)10-6-7-13(19-2)12(17)8-10/h3-8,15H,18H2,1-2H3. The van der Waals surface area contributed by atoms with Crippen LogP contribution in [0.15, 0.2) is 40.9 Å². The van der Waals surface area contributed by atoms with Crippen LogP contribution in [0.5, 0.6) is 5.75 Å². The fourth-order valence-electron chi connectivity index (χ4n) is 1.97. The van der Waals surface area contributed by atoms with Crippen molar-refractivity contribution in [1.29, 1.82) is 0 Å². The summed E-state index contributed by atoms with van der Waals surface area (Å²) in [5.41, 5.74) is 8.96. The van der Waals surface area contributed by atoms with Crippen molar-refractivity contribution in [2.24, 2.45) is 5.73 Å². The molecule has 4 heteroatoms. The second-order valence-electron chi connectivity index (χ2n) is 4.35. The molecule has 1 atom stereocenters. The Morgan fingerprint density at radius 1 is 1.26 bits per heavy atom. The summed E-state index contributed by atoms with van der Waals surface area (Å²) < 4.78 is 19.6. The van der Waals surface area contributed by atoms with Crippen molar-refractivity contribution in [2.45, 2.75) is 13.0 Å². The molecular formula is C15H15BrFNO. The molecule has 0 radical (unpaired) electrons. The van der Waals surface area contributed by atoms with E-state index >= 15 is 0 Å². The van der Waals surface area contributed by atoms with Crippen molar-refractivity contribution in [1.82, 2.24) is 0 Å². The minimum Gasteiger partial charge on any atom is -0.494 e. The molecular weight excluding hydrogens is 309 g/mol. The average molecular weight is 324 g/mol. The Kier molecular flexibility index (Phi) is 4.22. The van der Waals surface area contributed by atoms with Gasteiger partial charge in [0.15, 0.2) is 11.6 Å². The lowest BCUT2D eigenvalue weighted by atomic mass is 9.98. The van der Waals surface area contributed by atoms with Crippen molar-refractivity contribution >= 4 is 15.9 Å². The van der Waals surface area contributed by atoms with E-state index in [0.717, 1.165) is 15.6 Å². The molecule has 0 amide bonds. The van der Waals surface area contributed by atoms with Gasteiger partial charge < -0.3 is 10.5 Å². The number of ether oxygens (including phenoxy) is 1. The van der Waals surface area contributed by atoms with Crippen LogP contribution in [0.2, 0.25) is 0 Å². The molecule has 2 rings (SSSR count). The fourth-order valence-corrected chi connectivity index (χ4v) is 2.48. The third-order valence-electron chi connectivity index (χ3n) is 3.09. The van der Waals surface area contributed by atoms with Gasteiger partial charge in [0.2, 0.25) is 0 Å². The van der Waals surface area contributed by atoms with Crippen molar-refractivity contribution in [3.05, 3.63) is 63.4 Å². The Labute approximate surface area is 120 Å². The van der Waals surface area contributed by atoms with Crippen LogP contribution in [0.25, 0.3) is 0 Å². The van der Waals surface area contributed by atoms with Crippen molar-refractivity contribution < 1.29 is 9.13 Å². The Morgan fingerprint density at radius 3 is 2.63 bits per heavy atom. The predicted molar refractivity (Wildman–Crippen MR) is 77.9 cm³/mol. The van der Waals surface area contributed by atoms with Gasteiger partial charge in [0.1, 0.15) is 0 Å². The molecule has 2 nitrogen and oxygen atoms in total. The number of aryl methyl sites for hydroxylation is 1. The van der Waals surface area contributed by atoms with Gasteiger partial charge in [-0.1, -0.05) is 40.2 Å². The SMILES string of the molecule is COc1ccc(C(N)c2cccc(C)c2Br)cc1F. The number of hydrogen-bond donors (Lipinski definition) is 1. The van der Waals surface area contributed by atoms with Gasteiger partial charge in [0.25, 0.3) is 0 Å². The minimum absolute atomic E-state index is 0.222. The molecule has 0 aromatic heterocycles. The van der Waals surface area contributed by atoms with E-state index in [2.05, 4.69) is 15.9 Å². The molecule has 0 aliphatic rings. The first-order chi connectivity index (χ1) is 9.04. The molecule has 2 aromatic carbocycles. The highest BCUT2D eigenvalue weighted by Crippen LogP contribution is 2.30. The summed E-state index contributed by atoms with van der Waals surface area (Å²) in [6.45, 7) is 1.99. The lowest BCUT2D eigenvalue weighted by molar-refractivity contribution is 0.386. The zero-order valence-corrected chi connectivity index (χ0v) is 12.4. The summed E-state index contributed by atoms with van der Waals surface area (Å²) in [5.74, 6) is -0.182. The Morgan fingerprint density at radius 2 is 2.00 bits per heavy atom. The molecule has 100 valence electrons. The van der Waals surface area contributed by atoms with Gasteiger partial charge in [-0.15, -0.1) is 0 Å². The summed E-state index contributed by atoms with van der Waals surface area (Å²) in [6, 6.07) is 10.3. The Balaban J connectivity index is 2.41. The summed E-state index contributed by atoms with van der Waals surface area (Å²) in [6.07, 6.45) is 0. The van der Waals surface area contributed by atoms with Crippen molar-refractivity contribution in [3.63, 3.8) is 0 Å². The van der Waals surface area contributed by atoms with Crippen LogP contribution in [-0.2, 0) is 0 Å². The number of benzene rings is 2. The van der Waals surface area contributed by atoms with Crippen molar-refractivity contribution in [2.75, 3.05) is 7.11 Å². The van der Waals surface area contributed by atoms with Gasteiger partial charge in [-0.3, -0.25) is 0 Å². The smallest absolute Gasteiger partial charge is 0.165 e. The molecule has 0 heterocycles. The van der Waals surface area contributed by atoms with Crippen molar-refractivity contribution in [3.8, 4) is 5.75 Å². The van der Waals surface area contributed by atoms with E-state index in [-0.39, 0.29) is 11.8 Å². The molecule has 2 aromatic rings. The number of nitrogens with two attached hydrogens (primary N) is 1. The maximum absolute atomic E-state index is 13.7.